The number of esters is 1. The molecule has 5 heteroatoms. The van der Waals surface area contributed by atoms with Gasteiger partial charge in [0.25, 0.3) is 0 Å². The molecular weight excluding hydrogens is 354 g/mol. The number of piperidine rings is 1. The predicted octanol–water partition coefficient (Wildman–Crippen LogP) is 3.80. The number of nitrogens with zero attached hydrogens (tertiary/aromatic N) is 1. The third-order valence-corrected chi connectivity index (χ3v) is 9.18. The summed E-state index contributed by atoms with van der Waals surface area (Å²) < 4.78 is 11.2. The number of fused-ring (bicyclic) bond motifs is 5. The first-order valence-corrected chi connectivity index (χ1v) is 11.3. The normalized spacial score (nSPS) is 45.2. The third-order valence-electron chi connectivity index (χ3n) is 9.18. The van der Waals surface area contributed by atoms with Gasteiger partial charge in [0.05, 0.1) is 12.7 Å². The highest BCUT2D eigenvalue weighted by Gasteiger charge is 2.61. The average Bonchev–Trinajstić information content (AvgIpc) is 3.00. The van der Waals surface area contributed by atoms with Gasteiger partial charge in [-0.25, -0.2) is 4.79 Å². The lowest BCUT2D eigenvalue weighted by atomic mass is 9.47. The van der Waals surface area contributed by atoms with Crippen molar-refractivity contribution >= 4 is 11.9 Å². The van der Waals surface area contributed by atoms with Crippen LogP contribution in [0.4, 0.5) is 0 Å². The van der Waals surface area contributed by atoms with Gasteiger partial charge in [0.1, 0.15) is 6.61 Å². The van der Waals surface area contributed by atoms with Crippen molar-refractivity contribution in [1.29, 1.82) is 0 Å². The summed E-state index contributed by atoms with van der Waals surface area (Å²) in [6, 6.07) is 0.414. The molecule has 0 aromatic rings. The van der Waals surface area contributed by atoms with Crippen LogP contribution in [-0.4, -0.2) is 49.2 Å². The Morgan fingerprint density at radius 3 is 2.57 bits per heavy atom. The van der Waals surface area contributed by atoms with Gasteiger partial charge in [-0.3, -0.25) is 4.79 Å². The van der Waals surface area contributed by atoms with Crippen LogP contribution < -0.4 is 0 Å². The quantitative estimate of drug-likeness (QED) is 0.684. The smallest absolute Gasteiger partial charge is 0.332 e. The molecule has 1 amide bonds. The lowest BCUT2D eigenvalue weighted by Gasteiger charge is -2.61. The number of hydrogen-bond acceptors (Lipinski definition) is 4. The van der Waals surface area contributed by atoms with Crippen molar-refractivity contribution in [1.82, 2.24) is 4.90 Å². The molecule has 1 saturated heterocycles. The van der Waals surface area contributed by atoms with E-state index in [4.69, 9.17) is 9.47 Å². The molecule has 0 N–H and O–H groups in total. The summed E-state index contributed by atoms with van der Waals surface area (Å²) in [6.45, 7) is 7.19. The Morgan fingerprint density at radius 1 is 1.07 bits per heavy atom. The van der Waals surface area contributed by atoms with E-state index in [1.807, 2.05) is 14.0 Å². The van der Waals surface area contributed by atoms with Crippen molar-refractivity contribution in [3.63, 3.8) is 0 Å². The van der Waals surface area contributed by atoms with Crippen LogP contribution in [-0.2, 0) is 19.1 Å². The molecule has 4 aliphatic rings. The van der Waals surface area contributed by atoms with E-state index in [9.17, 15) is 9.59 Å². The van der Waals surface area contributed by atoms with Gasteiger partial charge in [-0.05, 0) is 80.5 Å². The zero-order valence-electron chi connectivity index (χ0n) is 18.0. The van der Waals surface area contributed by atoms with Crippen molar-refractivity contribution in [2.45, 2.75) is 84.3 Å². The van der Waals surface area contributed by atoms with Crippen molar-refractivity contribution in [3.05, 3.63) is 0 Å². The van der Waals surface area contributed by atoms with Gasteiger partial charge in [0.2, 0.25) is 5.91 Å². The maximum Gasteiger partial charge on any atom is 0.332 e. The van der Waals surface area contributed by atoms with Crippen molar-refractivity contribution in [3.8, 4) is 0 Å². The third kappa shape index (κ3) is 3.00. The van der Waals surface area contributed by atoms with E-state index in [2.05, 4.69) is 18.7 Å². The molecule has 5 unspecified atom stereocenters. The van der Waals surface area contributed by atoms with E-state index in [0.29, 0.717) is 36.8 Å². The second-order valence-electron chi connectivity index (χ2n) is 10.2. The molecule has 4 fully saturated rings. The summed E-state index contributed by atoms with van der Waals surface area (Å²) in [6.07, 6.45) is 8.97. The highest BCUT2D eigenvalue weighted by Crippen LogP contribution is 2.65. The van der Waals surface area contributed by atoms with Gasteiger partial charge < -0.3 is 14.4 Å². The Bertz CT molecular complexity index is 636. The van der Waals surface area contributed by atoms with E-state index in [0.717, 1.165) is 25.2 Å². The van der Waals surface area contributed by atoms with E-state index in [-0.39, 0.29) is 29.5 Å². The van der Waals surface area contributed by atoms with Gasteiger partial charge in [-0.1, -0.05) is 13.8 Å². The van der Waals surface area contributed by atoms with Crippen molar-refractivity contribution in [2.24, 2.45) is 28.6 Å². The molecule has 28 heavy (non-hydrogen) atoms. The topological polar surface area (TPSA) is 55.8 Å². The summed E-state index contributed by atoms with van der Waals surface area (Å²) in [5.41, 5.74) is 0.435. The molecule has 0 aromatic carbocycles. The molecule has 0 aromatic heterocycles. The lowest BCUT2D eigenvalue weighted by molar-refractivity contribution is -0.166. The second kappa shape index (κ2) is 7.30. The van der Waals surface area contributed by atoms with Gasteiger partial charge in [-0.2, -0.15) is 0 Å². The highest BCUT2D eigenvalue weighted by molar-refractivity contribution is 5.77. The molecule has 3 aliphatic carbocycles. The summed E-state index contributed by atoms with van der Waals surface area (Å²) in [4.78, 5) is 26.1. The van der Waals surface area contributed by atoms with Crippen LogP contribution >= 0.6 is 0 Å². The zero-order chi connectivity index (χ0) is 20.1. The standard InChI is InChI=1S/C23H37NO4/c1-5-27-21(26)14-28-19-9-7-16-15-6-8-18-22(2,13-11-20(25)24(18)4)17(15)10-12-23(16,19)3/h15-19H,5-14H2,1-4H3/t15?,16?,17?,18?,19?,22-,23+/m1/s1. The molecule has 0 spiro atoms. The van der Waals surface area contributed by atoms with E-state index < -0.39 is 0 Å². The lowest BCUT2D eigenvalue weighted by Crippen LogP contribution is -2.61. The minimum Gasteiger partial charge on any atom is -0.464 e. The molecular formula is C23H37NO4. The van der Waals surface area contributed by atoms with E-state index in [1.54, 1.807) is 0 Å². The van der Waals surface area contributed by atoms with Crippen LogP contribution in [0.25, 0.3) is 0 Å². The number of hydrogen-bond donors (Lipinski definition) is 0. The van der Waals surface area contributed by atoms with Crippen LogP contribution in [0.5, 0.6) is 0 Å². The number of rotatable bonds is 4. The largest absolute Gasteiger partial charge is 0.464 e. The van der Waals surface area contributed by atoms with E-state index >= 15 is 0 Å². The molecule has 3 saturated carbocycles. The Hall–Kier alpha value is -1.10. The predicted molar refractivity (Wildman–Crippen MR) is 107 cm³/mol. The van der Waals surface area contributed by atoms with Crippen molar-refractivity contribution < 1.29 is 19.1 Å². The van der Waals surface area contributed by atoms with E-state index in [1.165, 1.54) is 25.7 Å². The Kier molecular flexibility index (Phi) is 5.26. The highest BCUT2D eigenvalue weighted by atomic mass is 16.6. The second-order valence-corrected chi connectivity index (χ2v) is 10.2. The van der Waals surface area contributed by atoms with Gasteiger partial charge in [0.15, 0.2) is 0 Å². The molecule has 4 rings (SSSR count). The summed E-state index contributed by atoms with van der Waals surface area (Å²) >= 11 is 0. The van der Waals surface area contributed by atoms with Crippen LogP contribution in [0, 0.1) is 28.6 Å². The zero-order valence-corrected chi connectivity index (χ0v) is 18.0. The fourth-order valence-electron chi connectivity index (χ4n) is 7.75. The minimum absolute atomic E-state index is 0.0849. The molecule has 158 valence electrons. The first-order chi connectivity index (χ1) is 13.3. The number of carbonyl (C=O) groups is 2. The maximum absolute atomic E-state index is 12.3. The minimum atomic E-state index is -0.244. The number of carbonyl (C=O) groups excluding carboxylic acids is 2. The molecule has 0 bridgehead atoms. The van der Waals surface area contributed by atoms with Crippen molar-refractivity contribution in [2.75, 3.05) is 20.3 Å². The SMILES string of the molecule is CCOC(=O)COC1CCC2C3CCC4N(C)C(=O)CC[C@]4(C)C3CC[C@]12C. The van der Waals surface area contributed by atoms with Gasteiger partial charge >= 0.3 is 5.97 Å². The Balaban J connectivity index is 1.49. The first-order valence-electron chi connectivity index (χ1n) is 11.3. The van der Waals surface area contributed by atoms with Crippen LogP contribution in [0.15, 0.2) is 0 Å². The molecule has 1 aliphatic heterocycles. The number of ether oxygens (including phenoxy) is 2. The first kappa shape index (κ1) is 20.2. The molecule has 0 radical (unpaired) electrons. The van der Waals surface area contributed by atoms with Crippen LogP contribution in [0.2, 0.25) is 0 Å². The number of amides is 1. The maximum atomic E-state index is 12.3. The van der Waals surface area contributed by atoms with Gasteiger partial charge in [-0.15, -0.1) is 0 Å². The summed E-state index contributed by atoms with van der Waals surface area (Å²) in [5.74, 6) is 2.21. The fourth-order valence-corrected chi connectivity index (χ4v) is 7.75. The van der Waals surface area contributed by atoms with Crippen LogP contribution in [0.3, 0.4) is 0 Å². The van der Waals surface area contributed by atoms with Gasteiger partial charge in [0, 0.05) is 19.5 Å². The average molecular weight is 392 g/mol. The number of likely N-dealkylation sites (tertiary alicyclic amines) is 1. The summed E-state index contributed by atoms with van der Waals surface area (Å²) in [7, 11) is 2.02. The molecule has 5 nitrogen and oxygen atoms in total. The monoisotopic (exact) mass is 391 g/mol. The molecule has 7 atom stereocenters. The molecule has 1 heterocycles. The fraction of sp³-hybridized carbons (Fsp3) is 0.913. The Labute approximate surface area is 169 Å². The Morgan fingerprint density at radius 2 is 1.82 bits per heavy atom. The van der Waals surface area contributed by atoms with Crippen LogP contribution in [0.1, 0.15) is 72.1 Å². The summed E-state index contributed by atoms with van der Waals surface area (Å²) in [5, 5.41) is 0.